The van der Waals surface area contributed by atoms with Crippen molar-refractivity contribution in [3.8, 4) is 0 Å². The van der Waals surface area contributed by atoms with E-state index >= 15 is 0 Å². The second-order valence-electron chi connectivity index (χ2n) is 5.13. The number of benzene rings is 2. The van der Waals surface area contributed by atoms with Gasteiger partial charge in [-0.2, -0.15) is 0 Å². The molecule has 2 aliphatic heterocycles. The third kappa shape index (κ3) is 1.30. The Labute approximate surface area is 116 Å². The van der Waals surface area contributed by atoms with E-state index in [-0.39, 0.29) is 6.03 Å². The first-order valence-corrected chi connectivity index (χ1v) is 6.53. The first-order chi connectivity index (χ1) is 9.66. The van der Waals surface area contributed by atoms with Gasteiger partial charge in [-0.15, -0.1) is 0 Å². The molecule has 2 heterocycles. The molecule has 0 saturated carbocycles. The molecule has 0 fully saturated rings. The zero-order valence-corrected chi connectivity index (χ0v) is 11.3. The van der Waals surface area contributed by atoms with Crippen molar-refractivity contribution in [2.45, 2.75) is 6.92 Å². The fourth-order valence-electron chi connectivity index (χ4n) is 2.88. The molecule has 0 spiro atoms. The van der Waals surface area contributed by atoms with E-state index in [0.29, 0.717) is 0 Å². The molecular formula is C16H13N3O. The summed E-state index contributed by atoms with van der Waals surface area (Å²) in [5.74, 6) is 0.722. The van der Waals surface area contributed by atoms with Crippen molar-refractivity contribution in [1.29, 1.82) is 0 Å². The number of amidine groups is 1. The van der Waals surface area contributed by atoms with Crippen molar-refractivity contribution >= 4 is 34.0 Å². The van der Waals surface area contributed by atoms with E-state index in [1.165, 1.54) is 0 Å². The molecule has 4 rings (SSSR count). The molecule has 2 aromatic rings. The van der Waals surface area contributed by atoms with Gasteiger partial charge in [0, 0.05) is 24.2 Å². The zero-order chi connectivity index (χ0) is 13.9. The fourth-order valence-corrected chi connectivity index (χ4v) is 2.88. The molecule has 98 valence electrons. The number of nitrogens with zero attached hydrogens (tertiary/aromatic N) is 3. The summed E-state index contributed by atoms with van der Waals surface area (Å²) in [5, 5.41) is 2.14. The summed E-state index contributed by atoms with van der Waals surface area (Å²) >= 11 is 0. The Morgan fingerprint density at radius 2 is 1.85 bits per heavy atom. The quantitative estimate of drug-likeness (QED) is 0.714. The normalized spacial score (nSPS) is 17.0. The van der Waals surface area contributed by atoms with Crippen molar-refractivity contribution in [2.24, 2.45) is 4.99 Å². The number of fused-ring (bicyclic) bond motifs is 2. The van der Waals surface area contributed by atoms with E-state index < -0.39 is 0 Å². The average molecular weight is 263 g/mol. The van der Waals surface area contributed by atoms with Crippen LogP contribution in [0.2, 0.25) is 0 Å². The predicted molar refractivity (Wildman–Crippen MR) is 80.4 cm³/mol. The number of rotatable bonds is 0. The van der Waals surface area contributed by atoms with E-state index in [1.807, 2.05) is 49.5 Å². The number of aliphatic imine (C=N–C) groups is 1. The number of hydrogen-bond donors (Lipinski definition) is 0. The van der Waals surface area contributed by atoms with Crippen LogP contribution in [-0.4, -0.2) is 23.8 Å². The summed E-state index contributed by atoms with van der Waals surface area (Å²) in [6.45, 7) is 1.98. The van der Waals surface area contributed by atoms with E-state index in [4.69, 9.17) is 0 Å². The largest absolute Gasteiger partial charge is 0.334 e. The van der Waals surface area contributed by atoms with Gasteiger partial charge in [-0.05, 0) is 24.4 Å². The molecule has 4 heteroatoms. The lowest BCUT2D eigenvalue weighted by Gasteiger charge is -2.35. The summed E-state index contributed by atoms with van der Waals surface area (Å²) in [5.41, 5.74) is 2.82. The summed E-state index contributed by atoms with van der Waals surface area (Å²) in [4.78, 5) is 20.5. The molecule has 0 bridgehead atoms. The van der Waals surface area contributed by atoms with Crippen LogP contribution in [0.25, 0.3) is 10.8 Å². The van der Waals surface area contributed by atoms with Crippen LogP contribution < -0.4 is 4.90 Å². The topological polar surface area (TPSA) is 35.9 Å². The molecule has 4 nitrogen and oxygen atoms in total. The third-order valence-corrected chi connectivity index (χ3v) is 3.77. The van der Waals surface area contributed by atoms with Crippen molar-refractivity contribution < 1.29 is 4.79 Å². The lowest BCUT2D eigenvalue weighted by atomic mass is 10.0. The smallest absolute Gasteiger partial charge is 0.303 e. The summed E-state index contributed by atoms with van der Waals surface area (Å²) in [7, 11) is 1.77. The van der Waals surface area contributed by atoms with Gasteiger partial charge in [0.25, 0.3) is 0 Å². The Bertz CT molecular complexity index is 814. The SMILES string of the molecule is CC1=CN(C)C(=O)N2C1=Nc1cccc3cccc2c13. The Morgan fingerprint density at radius 1 is 1.10 bits per heavy atom. The minimum atomic E-state index is -0.0728. The minimum absolute atomic E-state index is 0.0728. The highest BCUT2D eigenvalue weighted by Crippen LogP contribution is 2.40. The van der Waals surface area contributed by atoms with Gasteiger partial charge in [0.05, 0.1) is 11.4 Å². The maximum atomic E-state index is 12.5. The zero-order valence-electron chi connectivity index (χ0n) is 11.3. The molecule has 0 aromatic heterocycles. The highest BCUT2D eigenvalue weighted by atomic mass is 16.2. The molecule has 2 amide bonds. The molecule has 2 aliphatic rings. The number of hydrogen-bond acceptors (Lipinski definition) is 2. The summed E-state index contributed by atoms with van der Waals surface area (Å²) in [6, 6.07) is 12.0. The van der Waals surface area contributed by atoms with Gasteiger partial charge < -0.3 is 4.90 Å². The number of anilines is 1. The predicted octanol–water partition coefficient (Wildman–Crippen LogP) is 3.66. The molecule has 0 radical (unpaired) electrons. The number of carbonyl (C=O) groups excluding carboxylic acids is 1. The molecule has 0 unspecified atom stereocenters. The Balaban J connectivity index is 2.11. The lowest BCUT2D eigenvalue weighted by Crippen LogP contribution is -2.48. The van der Waals surface area contributed by atoms with E-state index in [1.54, 1.807) is 16.8 Å². The van der Waals surface area contributed by atoms with Gasteiger partial charge in [-0.1, -0.05) is 24.3 Å². The van der Waals surface area contributed by atoms with E-state index in [2.05, 4.69) is 4.99 Å². The van der Waals surface area contributed by atoms with Crippen LogP contribution in [0.1, 0.15) is 6.92 Å². The minimum Gasteiger partial charge on any atom is -0.303 e. The van der Waals surface area contributed by atoms with Gasteiger partial charge in [0.15, 0.2) is 0 Å². The van der Waals surface area contributed by atoms with Gasteiger partial charge in [-0.25, -0.2) is 14.7 Å². The monoisotopic (exact) mass is 263 g/mol. The first-order valence-electron chi connectivity index (χ1n) is 6.53. The highest BCUT2D eigenvalue weighted by molar-refractivity contribution is 6.30. The van der Waals surface area contributed by atoms with E-state index in [9.17, 15) is 4.79 Å². The summed E-state index contributed by atoms with van der Waals surface area (Å²) < 4.78 is 0. The Hall–Kier alpha value is -2.62. The molecule has 2 aromatic carbocycles. The van der Waals surface area contributed by atoms with Crippen molar-refractivity contribution in [3.63, 3.8) is 0 Å². The molecule has 0 aliphatic carbocycles. The average Bonchev–Trinajstić information content (AvgIpc) is 2.45. The molecule has 0 N–H and O–H groups in total. The maximum Gasteiger partial charge on any atom is 0.334 e. The highest BCUT2D eigenvalue weighted by Gasteiger charge is 2.33. The van der Waals surface area contributed by atoms with Gasteiger partial charge >= 0.3 is 6.03 Å². The van der Waals surface area contributed by atoms with Gasteiger partial charge in [0.1, 0.15) is 5.84 Å². The lowest BCUT2D eigenvalue weighted by molar-refractivity contribution is 0.230. The number of carbonyl (C=O) groups is 1. The van der Waals surface area contributed by atoms with Crippen LogP contribution in [0.3, 0.4) is 0 Å². The third-order valence-electron chi connectivity index (χ3n) is 3.77. The van der Waals surface area contributed by atoms with Crippen molar-refractivity contribution in [2.75, 3.05) is 11.9 Å². The second-order valence-corrected chi connectivity index (χ2v) is 5.13. The van der Waals surface area contributed by atoms with Gasteiger partial charge in [-0.3, -0.25) is 0 Å². The molecular weight excluding hydrogens is 250 g/mol. The van der Waals surface area contributed by atoms with E-state index in [0.717, 1.165) is 33.6 Å². The van der Waals surface area contributed by atoms with Crippen LogP contribution in [-0.2, 0) is 0 Å². The summed E-state index contributed by atoms with van der Waals surface area (Å²) in [6.07, 6.45) is 1.83. The molecule has 0 atom stereocenters. The van der Waals surface area contributed by atoms with Crippen molar-refractivity contribution in [3.05, 3.63) is 48.2 Å². The fraction of sp³-hybridized carbons (Fsp3) is 0.125. The van der Waals surface area contributed by atoms with Crippen LogP contribution >= 0.6 is 0 Å². The van der Waals surface area contributed by atoms with Crippen LogP contribution in [0.15, 0.2) is 53.2 Å². The van der Waals surface area contributed by atoms with Crippen LogP contribution in [0.4, 0.5) is 16.2 Å². The second kappa shape index (κ2) is 3.70. The maximum absolute atomic E-state index is 12.5. The number of urea groups is 1. The van der Waals surface area contributed by atoms with Gasteiger partial charge in [0.2, 0.25) is 0 Å². The molecule has 20 heavy (non-hydrogen) atoms. The first kappa shape index (κ1) is 11.2. The number of amides is 2. The Morgan fingerprint density at radius 3 is 2.65 bits per heavy atom. The van der Waals surface area contributed by atoms with Crippen LogP contribution in [0.5, 0.6) is 0 Å². The Kier molecular flexibility index (Phi) is 2.07. The standard InChI is InChI=1S/C16H13N3O/c1-10-9-18(2)16(20)19-13-8-4-6-11-5-3-7-12(14(11)13)17-15(10)19/h3-9H,1-2H3. The molecule has 0 saturated heterocycles. The van der Waals surface area contributed by atoms with Crippen LogP contribution in [0, 0.1) is 0 Å². The van der Waals surface area contributed by atoms with Crippen molar-refractivity contribution in [1.82, 2.24) is 4.90 Å².